The van der Waals surface area contributed by atoms with Crippen molar-refractivity contribution in [3.63, 3.8) is 0 Å². The predicted molar refractivity (Wildman–Crippen MR) is 141 cm³/mol. The van der Waals surface area contributed by atoms with E-state index in [1.807, 2.05) is 24.3 Å². The van der Waals surface area contributed by atoms with Crippen molar-refractivity contribution in [3.05, 3.63) is 63.2 Å². The molecule has 2 heterocycles. The van der Waals surface area contributed by atoms with Crippen molar-refractivity contribution in [2.75, 3.05) is 18.4 Å². The van der Waals surface area contributed by atoms with Gasteiger partial charge >= 0.3 is 0 Å². The number of pyridine rings is 2. The van der Waals surface area contributed by atoms with E-state index >= 15 is 0 Å². The highest BCUT2D eigenvalue weighted by molar-refractivity contribution is 6.31. The number of carbonyl (C=O) groups excluding carboxylic acids is 1. The minimum absolute atomic E-state index is 0. The van der Waals surface area contributed by atoms with Gasteiger partial charge in [0.05, 0.1) is 5.52 Å². The van der Waals surface area contributed by atoms with Gasteiger partial charge in [0, 0.05) is 54.2 Å². The fourth-order valence-electron chi connectivity index (χ4n) is 3.81. The molecule has 184 valence electrons. The molecule has 3 rings (SSSR count). The average Bonchev–Trinajstić information content (AvgIpc) is 2.79. The van der Waals surface area contributed by atoms with Gasteiger partial charge in [0.25, 0.3) is 5.91 Å². The van der Waals surface area contributed by atoms with E-state index in [-0.39, 0.29) is 18.1 Å². The third-order valence-electron chi connectivity index (χ3n) is 5.79. The summed E-state index contributed by atoms with van der Waals surface area (Å²) in [6.07, 6.45) is 8.11. The number of hydrogen-bond donors (Lipinski definition) is 3. The van der Waals surface area contributed by atoms with Crippen molar-refractivity contribution in [2.24, 2.45) is 7.05 Å². The van der Waals surface area contributed by atoms with Crippen LogP contribution in [0.4, 0.5) is 5.69 Å². The molecular weight excluding hydrogens is 475 g/mol. The minimum atomic E-state index is -0.535. The summed E-state index contributed by atoms with van der Waals surface area (Å²) in [6.45, 7) is 3.14. The van der Waals surface area contributed by atoms with E-state index in [1.54, 1.807) is 20.2 Å². The Morgan fingerprint density at radius 2 is 1.74 bits per heavy atom. The van der Waals surface area contributed by atoms with E-state index in [1.165, 1.54) is 10.6 Å². The largest absolute Gasteiger partial charge is 0.503 e. The first-order valence-corrected chi connectivity index (χ1v) is 11.7. The molecule has 0 fully saturated rings. The number of nitrogens with one attached hydrogen (secondary N) is 2. The lowest BCUT2D eigenvalue weighted by Crippen LogP contribution is -2.29. The third-order valence-corrected chi connectivity index (χ3v) is 6.02. The molecule has 0 atom stereocenters. The minimum Gasteiger partial charge on any atom is -0.503 e. The van der Waals surface area contributed by atoms with Crippen LogP contribution in [0.1, 0.15) is 54.7 Å². The smallest absolute Gasteiger partial charge is 0.271 e. The summed E-state index contributed by atoms with van der Waals surface area (Å²) in [5.41, 5.74) is 2.06. The monoisotopic (exact) mass is 506 g/mol. The molecule has 9 heteroatoms. The number of aromatic nitrogens is 2. The van der Waals surface area contributed by atoms with Gasteiger partial charge in [0.15, 0.2) is 11.4 Å². The van der Waals surface area contributed by atoms with Gasteiger partial charge in [-0.15, -0.1) is 12.4 Å². The van der Waals surface area contributed by atoms with Gasteiger partial charge in [0.1, 0.15) is 0 Å². The van der Waals surface area contributed by atoms with E-state index < -0.39 is 17.1 Å². The summed E-state index contributed by atoms with van der Waals surface area (Å²) >= 11 is 6.04. The predicted octanol–water partition coefficient (Wildman–Crippen LogP) is 5.21. The van der Waals surface area contributed by atoms with Crippen LogP contribution >= 0.6 is 24.0 Å². The Morgan fingerprint density at radius 3 is 2.47 bits per heavy atom. The number of hydrogen-bond acceptors (Lipinski definition) is 5. The molecule has 0 aliphatic heterocycles. The molecule has 7 nitrogen and oxygen atoms in total. The van der Waals surface area contributed by atoms with Crippen molar-refractivity contribution in [3.8, 4) is 5.75 Å². The maximum atomic E-state index is 12.4. The van der Waals surface area contributed by atoms with E-state index in [0.717, 1.165) is 61.7 Å². The van der Waals surface area contributed by atoms with Crippen LogP contribution in [0, 0.1) is 6.92 Å². The van der Waals surface area contributed by atoms with E-state index in [2.05, 4.69) is 15.6 Å². The molecule has 34 heavy (non-hydrogen) atoms. The number of nitrogens with zero attached hydrogens (tertiary/aromatic N) is 2. The molecule has 0 radical (unpaired) electrons. The molecule has 0 aliphatic rings. The first kappa shape index (κ1) is 27.5. The first-order valence-electron chi connectivity index (χ1n) is 11.3. The van der Waals surface area contributed by atoms with E-state index in [4.69, 9.17) is 11.6 Å². The number of aromatic hydroxyl groups is 1. The molecule has 3 aromatic rings. The Bertz CT molecular complexity index is 1180. The fraction of sp³-hybridized carbons (Fsp3) is 0.400. The molecule has 0 saturated heterocycles. The van der Waals surface area contributed by atoms with E-state index in [0.29, 0.717) is 17.3 Å². The Kier molecular flexibility index (Phi) is 10.7. The zero-order chi connectivity index (χ0) is 23.8. The Labute approximate surface area is 211 Å². The van der Waals surface area contributed by atoms with Gasteiger partial charge in [0.2, 0.25) is 5.43 Å². The highest BCUT2D eigenvalue weighted by Crippen LogP contribution is 2.24. The third kappa shape index (κ3) is 7.11. The standard InChI is InChI=1S/C25H31ClN4O3.ClH/c1-17-15-22(31)24(32)23(30(17)2)25(33)29-13-8-6-4-3-5-7-12-27-20-11-14-28-21-16-18(26)9-10-19(20)21;/h9-11,14-16,32H,3-8,12-13H2,1-2H3,(H,27,28)(H,29,33);1H. The number of amides is 1. The van der Waals surface area contributed by atoms with Crippen molar-refractivity contribution >= 4 is 46.5 Å². The van der Waals surface area contributed by atoms with Crippen LogP contribution in [0.5, 0.6) is 5.75 Å². The van der Waals surface area contributed by atoms with Crippen molar-refractivity contribution in [2.45, 2.75) is 45.4 Å². The number of fused-ring (bicyclic) bond motifs is 1. The maximum absolute atomic E-state index is 12.4. The topological polar surface area (TPSA) is 96.2 Å². The Balaban J connectivity index is 0.00000408. The SMILES string of the molecule is Cc1cc(=O)c(O)c(C(=O)NCCCCCCCCNc2ccnc3cc(Cl)ccc23)n1C.Cl. The summed E-state index contributed by atoms with van der Waals surface area (Å²) < 4.78 is 1.53. The molecule has 2 aromatic heterocycles. The lowest BCUT2D eigenvalue weighted by Gasteiger charge is -2.13. The summed E-state index contributed by atoms with van der Waals surface area (Å²) in [5.74, 6) is -0.925. The van der Waals surface area contributed by atoms with Crippen LogP contribution in [-0.2, 0) is 7.05 Å². The summed E-state index contributed by atoms with van der Waals surface area (Å²) in [5, 5.41) is 18.0. The molecule has 0 saturated carbocycles. The van der Waals surface area contributed by atoms with Gasteiger partial charge in [-0.3, -0.25) is 14.6 Å². The number of halogens is 2. The van der Waals surface area contributed by atoms with Crippen molar-refractivity contribution < 1.29 is 9.90 Å². The summed E-state index contributed by atoms with van der Waals surface area (Å²) in [4.78, 5) is 28.5. The number of carbonyl (C=O) groups is 1. The van der Waals surface area contributed by atoms with Gasteiger partial charge in [-0.05, 0) is 44.0 Å². The van der Waals surface area contributed by atoms with Crippen LogP contribution in [-0.4, -0.2) is 33.7 Å². The van der Waals surface area contributed by atoms with Gasteiger partial charge in [-0.2, -0.15) is 0 Å². The number of rotatable bonds is 11. The van der Waals surface area contributed by atoms with Gasteiger partial charge < -0.3 is 20.3 Å². The number of anilines is 1. The fourth-order valence-corrected chi connectivity index (χ4v) is 3.97. The highest BCUT2D eigenvalue weighted by atomic mass is 35.5. The maximum Gasteiger partial charge on any atom is 0.271 e. The van der Waals surface area contributed by atoms with Crippen LogP contribution in [0.25, 0.3) is 10.9 Å². The normalized spacial score (nSPS) is 10.7. The molecule has 0 bridgehead atoms. The quantitative estimate of drug-likeness (QED) is 0.310. The zero-order valence-electron chi connectivity index (χ0n) is 19.6. The summed E-state index contributed by atoms with van der Waals surface area (Å²) in [7, 11) is 1.66. The van der Waals surface area contributed by atoms with Gasteiger partial charge in [-0.25, -0.2) is 0 Å². The molecule has 0 unspecified atom stereocenters. The Hall–Kier alpha value is -2.77. The Morgan fingerprint density at radius 1 is 1.06 bits per heavy atom. The first-order chi connectivity index (χ1) is 15.9. The number of benzene rings is 1. The van der Waals surface area contributed by atoms with Crippen LogP contribution in [0.3, 0.4) is 0 Å². The van der Waals surface area contributed by atoms with Crippen molar-refractivity contribution in [1.29, 1.82) is 0 Å². The van der Waals surface area contributed by atoms with Crippen LogP contribution in [0.2, 0.25) is 5.02 Å². The molecule has 0 spiro atoms. The molecular formula is C25H32Cl2N4O3. The second kappa shape index (κ2) is 13.2. The second-order valence-corrected chi connectivity index (χ2v) is 8.67. The molecule has 3 N–H and O–H groups in total. The summed E-state index contributed by atoms with van der Waals surface area (Å²) in [6, 6.07) is 9.04. The van der Waals surface area contributed by atoms with Gasteiger partial charge in [-0.1, -0.05) is 37.3 Å². The van der Waals surface area contributed by atoms with Crippen molar-refractivity contribution in [1.82, 2.24) is 14.9 Å². The zero-order valence-corrected chi connectivity index (χ0v) is 21.1. The molecule has 0 aliphatic carbocycles. The highest BCUT2D eigenvalue weighted by Gasteiger charge is 2.17. The molecule has 1 aromatic carbocycles. The van der Waals surface area contributed by atoms with Crippen LogP contribution < -0.4 is 16.1 Å². The molecule has 1 amide bonds. The number of unbranched alkanes of at least 4 members (excludes halogenated alkanes) is 5. The van der Waals surface area contributed by atoms with Crippen LogP contribution in [0.15, 0.2) is 41.3 Å². The average molecular weight is 507 g/mol. The lowest BCUT2D eigenvalue weighted by molar-refractivity contribution is 0.0940. The lowest BCUT2D eigenvalue weighted by atomic mass is 10.1. The van der Waals surface area contributed by atoms with E-state index in [9.17, 15) is 14.7 Å². The number of aryl methyl sites for hydroxylation is 1. The second-order valence-electron chi connectivity index (χ2n) is 8.23.